The zero-order chi connectivity index (χ0) is 19.1. The molecule has 0 aromatic heterocycles. The molecule has 0 atom stereocenters. The number of unbranched alkanes of at least 4 members (excludes halogenated alkanes) is 4. The van der Waals surface area contributed by atoms with Gasteiger partial charge in [-0.2, -0.15) is 0 Å². The molecule has 0 saturated carbocycles. The van der Waals surface area contributed by atoms with E-state index in [0.717, 1.165) is 29.2 Å². The van der Waals surface area contributed by atoms with E-state index in [2.05, 4.69) is 31.2 Å². The molecule has 27 heavy (non-hydrogen) atoms. The van der Waals surface area contributed by atoms with Gasteiger partial charge in [0.2, 0.25) is 0 Å². The van der Waals surface area contributed by atoms with Crippen LogP contribution in [0.25, 0.3) is 22.3 Å². The molecule has 0 spiro atoms. The van der Waals surface area contributed by atoms with Crippen molar-refractivity contribution in [1.82, 2.24) is 0 Å². The fourth-order valence-electron chi connectivity index (χ4n) is 3.46. The second-order valence-corrected chi connectivity index (χ2v) is 7.03. The summed E-state index contributed by atoms with van der Waals surface area (Å²) >= 11 is 0. The Bertz CT molecular complexity index is 866. The van der Waals surface area contributed by atoms with E-state index in [9.17, 15) is 8.78 Å². The Kier molecular flexibility index (Phi) is 6.75. The smallest absolute Gasteiger partial charge is 0.133 e. The molecule has 0 radical (unpaired) electrons. The average Bonchev–Trinajstić information content (AvgIpc) is 2.68. The summed E-state index contributed by atoms with van der Waals surface area (Å²) in [5, 5.41) is 0. The Morgan fingerprint density at radius 3 is 2.07 bits per heavy atom. The summed E-state index contributed by atoms with van der Waals surface area (Å²) in [4.78, 5) is 0. The molecule has 0 aliphatic heterocycles. The van der Waals surface area contributed by atoms with E-state index in [-0.39, 0.29) is 0 Å². The van der Waals surface area contributed by atoms with Crippen LogP contribution in [-0.2, 0) is 6.42 Å². The molecule has 0 nitrogen and oxygen atoms in total. The van der Waals surface area contributed by atoms with E-state index in [0.29, 0.717) is 5.56 Å². The topological polar surface area (TPSA) is 0 Å². The molecule has 0 amide bonds. The second-order valence-electron chi connectivity index (χ2n) is 7.03. The molecule has 2 heteroatoms. The summed E-state index contributed by atoms with van der Waals surface area (Å²) in [5.41, 5.74) is 4.54. The minimum atomic E-state index is -0.558. The summed E-state index contributed by atoms with van der Waals surface area (Å²) in [6.07, 6.45) is 7.49. The highest BCUT2D eigenvalue weighted by Crippen LogP contribution is 2.33. The lowest BCUT2D eigenvalue weighted by Gasteiger charge is -2.12. The predicted octanol–water partition coefficient (Wildman–Crippen LogP) is 7.81. The summed E-state index contributed by atoms with van der Waals surface area (Å²) in [5.74, 6) is -1.09. The second kappa shape index (κ2) is 9.45. The third-order valence-electron chi connectivity index (χ3n) is 4.98. The lowest BCUT2D eigenvalue weighted by atomic mass is 9.93. The van der Waals surface area contributed by atoms with Crippen LogP contribution in [0.5, 0.6) is 0 Å². The zero-order valence-electron chi connectivity index (χ0n) is 15.8. The molecule has 0 unspecified atom stereocenters. The maximum absolute atomic E-state index is 14.3. The molecule has 0 aliphatic rings. The number of hydrogen-bond acceptors (Lipinski definition) is 0. The number of rotatable bonds is 8. The average molecular weight is 364 g/mol. The summed E-state index contributed by atoms with van der Waals surface area (Å²) in [6, 6.07) is 20.0. The Morgan fingerprint density at radius 1 is 0.667 bits per heavy atom. The molecule has 0 heterocycles. The molecule has 3 aromatic rings. The monoisotopic (exact) mass is 364 g/mol. The van der Waals surface area contributed by atoms with Gasteiger partial charge in [-0.05, 0) is 47.2 Å². The molecule has 3 rings (SSSR count). The highest BCUT2D eigenvalue weighted by Gasteiger charge is 2.11. The first-order chi connectivity index (χ1) is 13.2. The van der Waals surface area contributed by atoms with Crippen molar-refractivity contribution in [3.63, 3.8) is 0 Å². The van der Waals surface area contributed by atoms with Crippen molar-refractivity contribution in [2.24, 2.45) is 0 Å². The third-order valence-corrected chi connectivity index (χ3v) is 4.98. The van der Waals surface area contributed by atoms with E-state index >= 15 is 0 Å². The third kappa shape index (κ3) is 5.03. The highest BCUT2D eigenvalue weighted by atomic mass is 19.1. The molecule has 3 aromatic carbocycles. The lowest BCUT2D eigenvalue weighted by Crippen LogP contribution is -1.91. The van der Waals surface area contributed by atoms with Crippen LogP contribution in [0.2, 0.25) is 0 Å². The fourth-order valence-corrected chi connectivity index (χ4v) is 3.46. The molecule has 0 N–H and O–H groups in total. The van der Waals surface area contributed by atoms with Crippen LogP contribution >= 0.6 is 0 Å². The van der Waals surface area contributed by atoms with E-state index in [1.165, 1.54) is 49.8 Å². The van der Waals surface area contributed by atoms with Crippen LogP contribution in [0.1, 0.15) is 44.6 Å². The summed E-state index contributed by atoms with van der Waals surface area (Å²) in [6.45, 7) is 2.23. The Morgan fingerprint density at radius 2 is 1.37 bits per heavy atom. The van der Waals surface area contributed by atoms with Gasteiger partial charge in [-0.1, -0.05) is 81.1 Å². The van der Waals surface area contributed by atoms with Crippen molar-refractivity contribution in [1.29, 1.82) is 0 Å². The maximum Gasteiger partial charge on any atom is 0.133 e. The Labute approximate surface area is 160 Å². The van der Waals surface area contributed by atoms with E-state index < -0.39 is 11.6 Å². The molecule has 0 aliphatic carbocycles. The number of aryl methyl sites for hydroxylation is 1. The van der Waals surface area contributed by atoms with Gasteiger partial charge in [0.25, 0.3) is 0 Å². The minimum absolute atomic E-state index is 0.423. The van der Waals surface area contributed by atoms with Crippen molar-refractivity contribution >= 4 is 0 Å². The van der Waals surface area contributed by atoms with Crippen LogP contribution < -0.4 is 0 Å². The van der Waals surface area contributed by atoms with Crippen LogP contribution in [0.15, 0.2) is 66.7 Å². The quantitative estimate of drug-likeness (QED) is 0.357. The molecular formula is C25H26F2. The van der Waals surface area contributed by atoms with E-state index in [4.69, 9.17) is 0 Å². The van der Waals surface area contributed by atoms with Gasteiger partial charge in [-0.3, -0.25) is 0 Å². The molecule has 0 saturated heterocycles. The zero-order valence-corrected chi connectivity index (χ0v) is 15.8. The molecular weight excluding hydrogens is 338 g/mol. The summed E-state index contributed by atoms with van der Waals surface area (Å²) < 4.78 is 27.5. The van der Waals surface area contributed by atoms with Gasteiger partial charge in [-0.25, -0.2) is 8.78 Å². The van der Waals surface area contributed by atoms with E-state index in [1.54, 1.807) is 0 Å². The first kappa shape index (κ1) is 19.3. The molecule has 0 fully saturated rings. The Balaban J connectivity index is 1.79. The van der Waals surface area contributed by atoms with Crippen molar-refractivity contribution in [2.75, 3.05) is 0 Å². The fraction of sp³-hybridized carbons (Fsp3) is 0.280. The van der Waals surface area contributed by atoms with Crippen LogP contribution in [0.4, 0.5) is 8.78 Å². The molecule has 0 bridgehead atoms. The highest BCUT2D eigenvalue weighted by molar-refractivity contribution is 5.83. The number of benzene rings is 3. The lowest BCUT2D eigenvalue weighted by molar-refractivity contribution is 0.585. The minimum Gasteiger partial charge on any atom is -0.207 e. The Hall–Kier alpha value is -2.48. The SMILES string of the molecule is CCCCCCCc1ccc(-c2ccccc2-c2ccc(F)cc2F)cc1. The van der Waals surface area contributed by atoms with Crippen molar-refractivity contribution in [3.05, 3.63) is 83.9 Å². The van der Waals surface area contributed by atoms with E-state index in [1.807, 2.05) is 24.3 Å². The first-order valence-electron chi connectivity index (χ1n) is 9.83. The maximum atomic E-state index is 14.3. The van der Waals surface area contributed by atoms with Gasteiger partial charge in [0, 0.05) is 11.6 Å². The van der Waals surface area contributed by atoms with Gasteiger partial charge in [0.05, 0.1) is 0 Å². The van der Waals surface area contributed by atoms with Gasteiger partial charge < -0.3 is 0 Å². The largest absolute Gasteiger partial charge is 0.207 e. The van der Waals surface area contributed by atoms with Crippen LogP contribution in [-0.4, -0.2) is 0 Å². The van der Waals surface area contributed by atoms with Crippen LogP contribution in [0, 0.1) is 11.6 Å². The van der Waals surface area contributed by atoms with Gasteiger partial charge >= 0.3 is 0 Å². The van der Waals surface area contributed by atoms with Gasteiger partial charge in [0.15, 0.2) is 0 Å². The van der Waals surface area contributed by atoms with Gasteiger partial charge in [0.1, 0.15) is 11.6 Å². The predicted molar refractivity (Wildman–Crippen MR) is 110 cm³/mol. The first-order valence-corrected chi connectivity index (χ1v) is 9.83. The van der Waals surface area contributed by atoms with Crippen molar-refractivity contribution in [3.8, 4) is 22.3 Å². The van der Waals surface area contributed by atoms with Crippen LogP contribution in [0.3, 0.4) is 0 Å². The number of halogens is 2. The van der Waals surface area contributed by atoms with Crippen molar-refractivity contribution in [2.45, 2.75) is 45.4 Å². The number of hydrogen-bond donors (Lipinski definition) is 0. The molecule has 140 valence electrons. The van der Waals surface area contributed by atoms with Crippen molar-refractivity contribution < 1.29 is 8.78 Å². The summed E-state index contributed by atoms with van der Waals surface area (Å²) in [7, 11) is 0. The standard InChI is InChI=1S/C25H26F2/c1-2-3-4-5-6-9-19-12-14-20(15-13-19)22-10-7-8-11-23(22)24-17-16-21(26)18-25(24)27/h7-8,10-18H,2-6,9H2,1H3. The normalized spacial score (nSPS) is 10.9. The van der Waals surface area contributed by atoms with Gasteiger partial charge in [-0.15, -0.1) is 0 Å².